The number of hydrogen-bond donors (Lipinski definition) is 0. The van der Waals surface area contributed by atoms with Gasteiger partial charge in [0, 0.05) is 36.1 Å². The highest BCUT2D eigenvalue weighted by molar-refractivity contribution is 6.30. The molecule has 1 saturated heterocycles. The quantitative estimate of drug-likeness (QED) is 0.513. The largest absolute Gasteiger partial charge is 0.491 e. The van der Waals surface area contributed by atoms with Crippen LogP contribution in [0.4, 0.5) is 4.39 Å². The fourth-order valence-corrected chi connectivity index (χ4v) is 4.51. The predicted molar refractivity (Wildman–Crippen MR) is 115 cm³/mol. The van der Waals surface area contributed by atoms with Crippen LogP contribution in [0.25, 0.3) is 0 Å². The molecule has 0 aromatic heterocycles. The molecule has 0 spiro atoms. The van der Waals surface area contributed by atoms with Crippen LogP contribution in [-0.2, 0) is 4.79 Å². The van der Waals surface area contributed by atoms with Crippen molar-refractivity contribution in [2.24, 2.45) is 17.8 Å². The van der Waals surface area contributed by atoms with Gasteiger partial charge in [0.05, 0.1) is 0 Å². The SMILES string of the molecule is O=C(COc1ccc(Cl)cc1)CC1[C@H]2CN(CC(F)COc3ccc(Cl)cc3)C[C@@H]12. The number of carbonyl (C=O) groups is 1. The number of ether oxygens (including phenoxy) is 2. The minimum absolute atomic E-state index is 0.0252. The van der Waals surface area contributed by atoms with Gasteiger partial charge in [0.25, 0.3) is 0 Å². The van der Waals surface area contributed by atoms with E-state index in [1.165, 1.54) is 0 Å². The standard InChI is InChI=1S/C23H24Cl2FNO3/c24-15-1-5-19(6-2-15)29-13-17(26)10-27-11-22-21(23(22)12-27)9-18(28)14-30-20-7-3-16(25)4-8-20/h1-8,17,21-23H,9-14H2/t17?,21?,22-,23+. The van der Waals surface area contributed by atoms with Crippen LogP contribution >= 0.6 is 23.2 Å². The van der Waals surface area contributed by atoms with E-state index in [1.807, 2.05) is 0 Å². The van der Waals surface area contributed by atoms with Crippen molar-refractivity contribution in [3.63, 3.8) is 0 Å². The minimum atomic E-state index is -1.05. The van der Waals surface area contributed by atoms with E-state index >= 15 is 0 Å². The minimum Gasteiger partial charge on any atom is -0.491 e. The first-order valence-electron chi connectivity index (χ1n) is 10.1. The molecule has 2 aliphatic rings. The number of ketones is 1. The maximum absolute atomic E-state index is 14.3. The van der Waals surface area contributed by atoms with E-state index in [-0.39, 0.29) is 19.0 Å². The molecule has 4 nitrogen and oxygen atoms in total. The molecule has 0 bridgehead atoms. The number of fused-ring (bicyclic) bond motifs is 1. The molecule has 2 fully saturated rings. The summed E-state index contributed by atoms with van der Waals surface area (Å²) in [5, 5.41) is 1.26. The Kier molecular flexibility index (Phi) is 6.81. The highest BCUT2D eigenvalue weighted by Crippen LogP contribution is 2.53. The second kappa shape index (κ2) is 9.54. The highest BCUT2D eigenvalue weighted by Gasteiger charge is 2.55. The molecule has 4 atom stereocenters. The lowest BCUT2D eigenvalue weighted by molar-refractivity contribution is -0.121. The summed E-state index contributed by atoms with van der Waals surface area (Å²) in [7, 11) is 0. The highest BCUT2D eigenvalue weighted by atomic mass is 35.5. The Bertz CT molecular complexity index is 850. The number of hydrogen-bond acceptors (Lipinski definition) is 4. The molecule has 2 unspecified atom stereocenters. The van der Waals surface area contributed by atoms with E-state index < -0.39 is 6.17 Å². The van der Waals surface area contributed by atoms with Crippen LogP contribution in [0.15, 0.2) is 48.5 Å². The number of nitrogens with zero attached hydrogens (tertiary/aromatic N) is 1. The van der Waals surface area contributed by atoms with Crippen LogP contribution in [0.5, 0.6) is 11.5 Å². The zero-order valence-corrected chi connectivity index (χ0v) is 18.0. The van der Waals surface area contributed by atoms with Gasteiger partial charge in [-0.15, -0.1) is 0 Å². The summed E-state index contributed by atoms with van der Waals surface area (Å²) in [6, 6.07) is 13.9. The van der Waals surface area contributed by atoms with E-state index in [4.69, 9.17) is 32.7 Å². The van der Waals surface area contributed by atoms with E-state index in [9.17, 15) is 9.18 Å². The number of piperidine rings is 1. The molecule has 1 aliphatic carbocycles. The molecule has 30 heavy (non-hydrogen) atoms. The number of rotatable bonds is 10. The first-order valence-corrected chi connectivity index (χ1v) is 10.9. The molecule has 1 aliphatic heterocycles. The van der Waals surface area contributed by atoms with Crippen molar-refractivity contribution in [3.8, 4) is 11.5 Å². The lowest BCUT2D eigenvalue weighted by Crippen LogP contribution is -2.34. The summed E-state index contributed by atoms with van der Waals surface area (Å²) in [6.45, 7) is 2.16. The van der Waals surface area contributed by atoms with Crippen LogP contribution in [0.2, 0.25) is 10.0 Å². The van der Waals surface area contributed by atoms with Gasteiger partial charge in [-0.25, -0.2) is 4.39 Å². The maximum Gasteiger partial charge on any atom is 0.170 e. The van der Waals surface area contributed by atoms with Crippen LogP contribution in [0.3, 0.4) is 0 Å². The average Bonchev–Trinajstić information content (AvgIpc) is 3.16. The van der Waals surface area contributed by atoms with Gasteiger partial charge >= 0.3 is 0 Å². The lowest BCUT2D eigenvalue weighted by Gasteiger charge is -2.21. The van der Waals surface area contributed by atoms with Gasteiger partial charge in [-0.1, -0.05) is 23.2 Å². The number of carbonyl (C=O) groups excluding carboxylic acids is 1. The van der Waals surface area contributed by atoms with Crippen molar-refractivity contribution < 1.29 is 18.7 Å². The van der Waals surface area contributed by atoms with Crippen LogP contribution in [0.1, 0.15) is 6.42 Å². The number of likely N-dealkylation sites (tertiary alicyclic amines) is 1. The van der Waals surface area contributed by atoms with E-state index in [1.54, 1.807) is 48.5 Å². The zero-order chi connectivity index (χ0) is 21.1. The first-order chi connectivity index (χ1) is 14.5. The normalized spacial score (nSPS) is 23.6. The first kappa shape index (κ1) is 21.4. The summed E-state index contributed by atoms with van der Waals surface area (Å²) in [6.07, 6.45) is -0.513. The molecule has 4 rings (SSSR count). The van der Waals surface area contributed by atoms with Gasteiger partial charge in [-0.2, -0.15) is 0 Å². The Morgan fingerprint density at radius 2 is 1.50 bits per heavy atom. The van der Waals surface area contributed by atoms with Gasteiger partial charge < -0.3 is 9.47 Å². The summed E-state index contributed by atoms with van der Waals surface area (Å²) in [5.74, 6) is 2.76. The molecule has 0 radical (unpaired) electrons. The maximum atomic E-state index is 14.3. The predicted octanol–water partition coefficient (Wildman–Crippen LogP) is 4.93. The van der Waals surface area contributed by atoms with E-state index in [0.717, 1.165) is 13.1 Å². The Morgan fingerprint density at radius 3 is 2.07 bits per heavy atom. The average molecular weight is 452 g/mol. The Morgan fingerprint density at radius 1 is 0.967 bits per heavy atom. The van der Waals surface area contributed by atoms with Gasteiger partial charge in [-0.05, 0) is 66.3 Å². The lowest BCUT2D eigenvalue weighted by atomic mass is 10.1. The molecule has 2 aromatic rings. The summed E-state index contributed by atoms with van der Waals surface area (Å²) < 4.78 is 25.3. The van der Waals surface area contributed by atoms with Crippen molar-refractivity contribution in [1.29, 1.82) is 0 Å². The molecule has 1 heterocycles. The number of alkyl halides is 1. The van der Waals surface area contributed by atoms with Crippen molar-refractivity contribution >= 4 is 29.0 Å². The molecule has 7 heteroatoms. The number of benzene rings is 2. The molecular formula is C23H24Cl2FNO3. The van der Waals surface area contributed by atoms with E-state index in [0.29, 0.717) is 52.3 Å². The van der Waals surface area contributed by atoms with Gasteiger partial charge in [-0.3, -0.25) is 9.69 Å². The Hall–Kier alpha value is -1.82. The third kappa shape index (κ3) is 5.65. The second-order valence-corrected chi connectivity index (χ2v) is 8.93. The van der Waals surface area contributed by atoms with Crippen molar-refractivity contribution in [3.05, 3.63) is 58.6 Å². The Labute approximate surface area is 185 Å². The van der Waals surface area contributed by atoms with E-state index in [2.05, 4.69) is 4.90 Å². The molecule has 2 aromatic carbocycles. The van der Waals surface area contributed by atoms with Crippen LogP contribution < -0.4 is 9.47 Å². The zero-order valence-electron chi connectivity index (χ0n) is 16.5. The summed E-state index contributed by atoms with van der Waals surface area (Å²) in [5.41, 5.74) is 0. The van der Waals surface area contributed by atoms with Gasteiger partial charge in [0.2, 0.25) is 0 Å². The van der Waals surface area contributed by atoms with Gasteiger partial charge in [0.1, 0.15) is 30.9 Å². The van der Waals surface area contributed by atoms with Crippen molar-refractivity contribution in [1.82, 2.24) is 4.90 Å². The van der Waals surface area contributed by atoms with Crippen molar-refractivity contribution in [2.75, 3.05) is 32.8 Å². The van der Waals surface area contributed by atoms with Crippen molar-refractivity contribution in [2.45, 2.75) is 12.6 Å². The second-order valence-electron chi connectivity index (χ2n) is 8.06. The smallest absolute Gasteiger partial charge is 0.170 e. The summed E-state index contributed by atoms with van der Waals surface area (Å²) >= 11 is 11.7. The number of Topliss-reactive ketones (excluding diaryl/α,β-unsaturated/α-hetero) is 1. The van der Waals surface area contributed by atoms with Crippen LogP contribution in [-0.4, -0.2) is 49.7 Å². The molecular weight excluding hydrogens is 428 g/mol. The van der Waals surface area contributed by atoms with Crippen LogP contribution in [0, 0.1) is 17.8 Å². The number of halogens is 3. The molecule has 1 saturated carbocycles. The molecule has 160 valence electrons. The molecule has 0 amide bonds. The van der Waals surface area contributed by atoms with Gasteiger partial charge in [0.15, 0.2) is 5.78 Å². The fourth-order valence-electron chi connectivity index (χ4n) is 4.26. The monoisotopic (exact) mass is 451 g/mol. The fraction of sp³-hybridized carbons (Fsp3) is 0.435. The third-order valence-corrected chi connectivity index (χ3v) is 6.33. The topological polar surface area (TPSA) is 38.8 Å². The third-order valence-electron chi connectivity index (χ3n) is 5.82. The Balaban J connectivity index is 1.12. The summed E-state index contributed by atoms with van der Waals surface area (Å²) in [4.78, 5) is 14.4. The molecule has 0 N–H and O–H groups in total.